The number of aryl methyl sites for hydroxylation is 1. The van der Waals surface area contributed by atoms with Crippen LogP contribution < -0.4 is 5.73 Å². The maximum Gasteiger partial charge on any atom is 0.192 e. The molecule has 1 aromatic heterocycles. The van der Waals surface area contributed by atoms with Crippen LogP contribution in [0.1, 0.15) is 16.1 Å². The fourth-order valence-corrected chi connectivity index (χ4v) is 2.04. The summed E-state index contributed by atoms with van der Waals surface area (Å²) in [6.45, 7) is 1.96. The molecule has 1 heterocycles. The predicted molar refractivity (Wildman–Crippen MR) is 64.1 cm³/mol. The highest BCUT2D eigenvalue weighted by Gasteiger charge is 2.12. The molecule has 0 aliphatic carbocycles. The summed E-state index contributed by atoms with van der Waals surface area (Å²) >= 11 is 3.41. The molecule has 3 N–H and O–H groups in total. The normalized spacial score (nSPS) is 10.9. The molecule has 0 saturated heterocycles. The van der Waals surface area contributed by atoms with Gasteiger partial charge in [0.1, 0.15) is 0 Å². The maximum atomic E-state index is 11.5. The van der Waals surface area contributed by atoms with Gasteiger partial charge in [0.25, 0.3) is 0 Å². The van der Waals surface area contributed by atoms with Gasteiger partial charge in [-0.1, -0.05) is 15.9 Å². The Morgan fingerprint density at radius 2 is 2.27 bits per heavy atom. The molecule has 78 valence electrons. The lowest BCUT2D eigenvalue weighted by Gasteiger charge is -1.95. The third-order valence-corrected chi connectivity index (χ3v) is 2.98. The van der Waals surface area contributed by atoms with Crippen LogP contribution in [0.5, 0.6) is 0 Å². The quantitative estimate of drug-likeness (QED) is 0.821. The zero-order valence-corrected chi connectivity index (χ0v) is 9.89. The van der Waals surface area contributed by atoms with Crippen molar-refractivity contribution in [1.82, 2.24) is 4.98 Å². The van der Waals surface area contributed by atoms with Crippen LogP contribution in [0.15, 0.2) is 22.7 Å². The third-order valence-electron chi connectivity index (χ3n) is 2.48. The number of Topliss-reactive ketones (excluding diaryl/α,β-unsaturated/α-hetero) is 1. The molecule has 0 atom stereocenters. The minimum absolute atomic E-state index is 0.0365. The van der Waals surface area contributed by atoms with Crippen LogP contribution in [0.25, 0.3) is 10.9 Å². The number of rotatable bonds is 2. The molecule has 0 bridgehead atoms. The van der Waals surface area contributed by atoms with Crippen LogP contribution in [0, 0.1) is 6.92 Å². The van der Waals surface area contributed by atoms with E-state index in [9.17, 15) is 4.79 Å². The summed E-state index contributed by atoms with van der Waals surface area (Å²) in [6, 6.07) is 5.88. The molecule has 0 unspecified atom stereocenters. The van der Waals surface area contributed by atoms with Crippen molar-refractivity contribution in [3.63, 3.8) is 0 Å². The van der Waals surface area contributed by atoms with E-state index in [2.05, 4.69) is 20.9 Å². The lowest BCUT2D eigenvalue weighted by molar-refractivity contribution is 0.0997. The molecule has 1 aromatic carbocycles. The zero-order chi connectivity index (χ0) is 11.0. The van der Waals surface area contributed by atoms with Gasteiger partial charge in [-0.25, -0.2) is 0 Å². The SMILES string of the molecule is Cc1c(C(=O)CN)[nH]c2ccc(Br)cc12. The minimum atomic E-state index is -0.0557. The molecule has 0 aliphatic rings. The van der Waals surface area contributed by atoms with Crippen molar-refractivity contribution in [3.8, 4) is 0 Å². The molecule has 4 heteroatoms. The van der Waals surface area contributed by atoms with E-state index in [4.69, 9.17) is 5.73 Å². The van der Waals surface area contributed by atoms with Gasteiger partial charge in [-0.2, -0.15) is 0 Å². The first-order chi connectivity index (χ1) is 7.13. The molecule has 15 heavy (non-hydrogen) atoms. The van der Waals surface area contributed by atoms with E-state index in [-0.39, 0.29) is 12.3 Å². The van der Waals surface area contributed by atoms with E-state index in [0.717, 1.165) is 20.9 Å². The summed E-state index contributed by atoms with van der Waals surface area (Å²) in [7, 11) is 0. The van der Waals surface area contributed by atoms with Crippen LogP contribution in [-0.4, -0.2) is 17.3 Å². The van der Waals surface area contributed by atoms with Gasteiger partial charge in [-0.15, -0.1) is 0 Å². The molecule has 0 fully saturated rings. The molecule has 0 spiro atoms. The number of hydrogen-bond donors (Lipinski definition) is 2. The fraction of sp³-hybridized carbons (Fsp3) is 0.182. The molecular weight excluding hydrogens is 256 g/mol. The van der Waals surface area contributed by atoms with Crippen molar-refractivity contribution in [2.24, 2.45) is 5.73 Å². The van der Waals surface area contributed by atoms with Crippen LogP contribution in [0.3, 0.4) is 0 Å². The van der Waals surface area contributed by atoms with Crippen molar-refractivity contribution in [2.45, 2.75) is 6.92 Å². The number of carbonyl (C=O) groups excluding carboxylic acids is 1. The number of H-pyrrole nitrogens is 1. The summed E-state index contributed by atoms with van der Waals surface area (Å²) in [5, 5.41) is 1.06. The average molecular weight is 267 g/mol. The number of fused-ring (bicyclic) bond motifs is 1. The molecule has 0 saturated carbocycles. The third kappa shape index (κ3) is 1.70. The first kappa shape index (κ1) is 10.4. The second-order valence-corrected chi connectivity index (χ2v) is 4.36. The molecule has 2 aromatic rings. The van der Waals surface area contributed by atoms with Gasteiger partial charge in [-0.3, -0.25) is 4.79 Å². The number of aromatic amines is 1. The lowest BCUT2D eigenvalue weighted by Crippen LogP contribution is -2.14. The summed E-state index contributed by atoms with van der Waals surface area (Å²) in [6.07, 6.45) is 0. The van der Waals surface area contributed by atoms with E-state index >= 15 is 0 Å². The molecule has 2 rings (SSSR count). The predicted octanol–water partition coefficient (Wildman–Crippen LogP) is 2.38. The Hall–Kier alpha value is -1.13. The first-order valence-corrected chi connectivity index (χ1v) is 5.44. The van der Waals surface area contributed by atoms with E-state index < -0.39 is 0 Å². The highest BCUT2D eigenvalue weighted by atomic mass is 79.9. The summed E-state index contributed by atoms with van der Waals surface area (Å²) in [5.41, 5.74) is 7.89. The van der Waals surface area contributed by atoms with Gasteiger partial charge in [-0.05, 0) is 30.7 Å². The number of benzene rings is 1. The van der Waals surface area contributed by atoms with Gasteiger partial charge in [0.15, 0.2) is 5.78 Å². The Labute approximate surface area is 95.8 Å². The van der Waals surface area contributed by atoms with Gasteiger partial charge in [0, 0.05) is 15.4 Å². The van der Waals surface area contributed by atoms with E-state index in [0.29, 0.717) is 5.69 Å². The summed E-state index contributed by atoms with van der Waals surface area (Å²) in [4.78, 5) is 14.6. The monoisotopic (exact) mass is 266 g/mol. The molecule has 3 nitrogen and oxygen atoms in total. The van der Waals surface area contributed by atoms with E-state index in [1.807, 2.05) is 25.1 Å². The molecule has 0 amide bonds. The second-order valence-electron chi connectivity index (χ2n) is 3.44. The number of ketones is 1. The summed E-state index contributed by atoms with van der Waals surface area (Å²) < 4.78 is 1.00. The van der Waals surface area contributed by atoms with E-state index in [1.165, 1.54) is 0 Å². The van der Waals surface area contributed by atoms with Crippen molar-refractivity contribution >= 4 is 32.6 Å². The standard InChI is InChI=1S/C11H11BrN2O/c1-6-8-4-7(12)2-3-9(8)14-11(6)10(15)5-13/h2-4,14H,5,13H2,1H3. The van der Waals surface area contributed by atoms with Crippen LogP contribution >= 0.6 is 15.9 Å². The van der Waals surface area contributed by atoms with Gasteiger partial charge < -0.3 is 10.7 Å². The first-order valence-electron chi connectivity index (χ1n) is 4.64. The van der Waals surface area contributed by atoms with Crippen molar-refractivity contribution in [3.05, 3.63) is 33.9 Å². The van der Waals surface area contributed by atoms with Crippen LogP contribution in [0.4, 0.5) is 0 Å². The smallest absolute Gasteiger partial charge is 0.192 e. The second kappa shape index (κ2) is 3.79. The highest BCUT2D eigenvalue weighted by molar-refractivity contribution is 9.10. The maximum absolute atomic E-state index is 11.5. The highest BCUT2D eigenvalue weighted by Crippen LogP contribution is 2.25. The lowest BCUT2D eigenvalue weighted by atomic mass is 10.1. The number of aromatic nitrogens is 1. The van der Waals surface area contributed by atoms with Gasteiger partial charge in [0.2, 0.25) is 0 Å². The fourth-order valence-electron chi connectivity index (χ4n) is 1.68. The molecule has 0 aliphatic heterocycles. The van der Waals surface area contributed by atoms with Crippen LogP contribution in [-0.2, 0) is 0 Å². The Kier molecular flexibility index (Phi) is 2.63. The zero-order valence-electron chi connectivity index (χ0n) is 8.30. The van der Waals surface area contributed by atoms with Crippen molar-refractivity contribution < 1.29 is 4.79 Å². The minimum Gasteiger partial charge on any atom is -0.352 e. The molecular formula is C11H11BrN2O. The Morgan fingerprint density at radius 1 is 1.53 bits per heavy atom. The van der Waals surface area contributed by atoms with Crippen LogP contribution in [0.2, 0.25) is 0 Å². The number of nitrogens with one attached hydrogen (secondary N) is 1. The largest absolute Gasteiger partial charge is 0.352 e. The van der Waals surface area contributed by atoms with E-state index in [1.54, 1.807) is 0 Å². The van der Waals surface area contributed by atoms with Crippen molar-refractivity contribution in [1.29, 1.82) is 0 Å². The number of hydrogen-bond acceptors (Lipinski definition) is 2. The topological polar surface area (TPSA) is 58.9 Å². The Balaban J connectivity index is 2.69. The Bertz CT molecular complexity index is 531. The molecule has 0 radical (unpaired) electrons. The van der Waals surface area contributed by atoms with Gasteiger partial charge in [0.05, 0.1) is 12.2 Å². The average Bonchev–Trinajstić information content (AvgIpc) is 2.55. The van der Waals surface area contributed by atoms with Gasteiger partial charge >= 0.3 is 0 Å². The Morgan fingerprint density at radius 3 is 2.93 bits per heavy atom. The van der Waals surface area contributed by atoms with Crippen molar-refractivity contribution in [2.75, 3.05) is 6.54 Å². The number of nitrogens with two attached hydrogens (primary N) is 1. The number of halogens is 1. The number of carbonyl (C=O) groups is 1. The summed E-state index contributed by atoms with van der Waals surface area (Å²) in [5.74, 6) is -0.0557.